The first-order chi connectivity index (χ1) is 15.4. The van der Waals surface area contributed by atoms with Gasteiger partial charge in [-0.1, -0.05) is 22.9 Å². The Morgan fingerprint density at radius 3 is 2.69 bits per heavy atom. The standard InChI is InChI=1S/C21H18ClN5O5/c1-11-2-4-13(9-14(11)22)27-20(29)18-19(21(27)30)26(25-24-18)10-17(28)23-12-3-5-15-16(8-12)32-7-6-31-15/h2-5,8-9,18-19H,6-7,10H2,1H3,(H,23,28)/t18-,19+/m0/s1. The van der Waals surface area contributed by atoms with Crippen molar-refractivity contribution in [2.75, 3.05) is 30.0 Å². The number of ether oxygens (including phenoxy) is 2. The van der Waals surface area contributed by atoms with Crippen LogP contribution in [0.3, 0.4) is 0 Å². The Morgan fingerprint density at radius 2 is 1.91 bits per heavy atom. The molecule has 2 aromatic carbocycles. The molecule has 10 nitrogen and oxygen atoms in total. The van der Waals surface area contributed by atoms with E-state index in [-0.39, 0.29) is 6.54 Å². The topological polar surface area (TPSA) is 113 Å². The van der Waals surface area contributed by atoms with E-state index in [1.807, 2.05) is 6.92 Å². The fraction of sp³-hybridized carbons (Fsp3) is 0.286. The first-order valence-electron chi connectivity index (χ1n) is 9.93. The molecule has 164 valence electrons. The molecule has 0 unspecified atom stereocenters. The van der Waals surface area contributed by atoms with Gasteiger partial charge in [-0.2, -0.15) is 5.11 Å². The van der Waals surface area contributed by atoms with Gasteiger partial charge in [0.2, 0.25) is 5.91 Å². The summed E-state index contributed by atoms with van der Waals surface area (Å²) in [6, 6.07) is 8.02. The zero-order valence-electron chi connectivity index (χ0n) is 16.9. The van der Waals surface area contributed by atoms with Crippen LogP contribution in [0.4, 0.5) is 11.4 Å². The number of carbonyl (C=O) groups excluding carboxylic acids is 3. The van der Waals surface area contributed by atoms with Crippen LogP contribution in [0.5, 0.6) is 11.5 Å². The molecule has 2 aromatic rings. The highest BCUT2D eigenvalue weighted by molar-refractivity contribution is 6.32. The van der Waals surface area contributed by atoms with Crippen molar-refractivity contribution in [2.45, 2.75) is 19.0 Å². The second kappa shape index (κ2) is 7.79. The number of hydrogen-bond acceptors (Lipinski definition) is 8. The van der Waals surface area contributed by atoms with Crippen LogP contribution in [-0.2, 0) is 14.4 Å². The highest BCUT2D eigenvalue weighted by Crippen LogP contribution is 2.34. The van der Waals surface area contributed by atoms with E-state index in [4.69, 9.17) is 21.1 Å². The molecule has 0 aromatic heterocycles. The largest absolute Gasteiger partial charge is 0.486 e. The molecule has 32 heavy (non-hydrogen) atoms. The molecular weight excluding hydrogens is 438 g/mol. The maximum absolute atomic E-state index is 13.0. The Hall–Kier alpha value is -3.66. The van der Waals surface area contributed by atoms with Crippen LogP contribution in [0, 0.1) is 6.92 Å². The van der Waals surface area contributed by atoms with Gasteiger partial charge in [-0.05, 0) is 36.8 Å². The van der Waals surface area contributed by atoms with Crippen molar-refractivity contribution in [3.63, 3.8) is 0 Å². The van der Waals surface area contributed by atoms with Crippen LogP contribution in [-0.4, -0.2) is 54.6 Å². The van der Waals surface area contributed by atoms with Gasteiger partial charge < -0.3 is 14.8 Å². The summed E-state index contributed by atoms with van der Waals surface area (Å²) in [7, 11) is 0. The molecule has 5 rings (SSSR count). The molecule has 0 spiro atoms. The second-order valence-corrected chi connectivity index (χ2v) is 7.95. The van der Waals surface area contributed by atoms with Crippen LogP contribution in [0.15, 0.2) is 46.7 Å². The van der Waals surface area contributed by atoms with Gasteiger partial charge in [0.25, 0.3) is 11.8 Å². The fourth-order valence-corrected chi connectivity index (χ4v) is 3.97. The van der Waals surface area contributed by atoms with E-state index in [9.17, 15) is 14.4 Å². The molecule has 1 saturated heterocycles. The molecule has 0 bridgehead atoms. The van der Waals surface area contributed by atoms with Crippen LogP contribution in [0.1, 0.15) is 5.56 Å². The van der Waals surface area contributed by atoms with Crippen LogP contribution < -0.4 is 19.7 Å². The second-order valence-electron chi connectivity index (χ2n) is 7.54. The van der Waals surface area contributed by atoms with Gasteiger partial charge in [0, 0.05) is 16.8 Å². The van der Waals surface area contributed by atoms with Crippen molar-refractivity contribution in [3.8, 4) is 11.5 Å². The monoisotopic (exact) mass is 455 g/mol. The van der Waals surface area contributed by atoms with Gasteiger partial charge in [-0.25, -0.2) is 4.90 Å². The molecule has 11 heteroatoms. The lowest BCUT2D eigenvalue weighted by molar-refractivity contribution is -0.123. The van der Waals surface area contributed by atoms with Gasteiger partial charge in [0.05, 0.1) is 5.69 Å². The highest BCUT2D eigenvalue weighted by atomic mass is 35.5. The Bertz CT molecular complexity index is 1170. The lowest BCUT2D eigenvalue weighted by Crippen LogP contribution is -2.43. The summed E-state index contributed by atoms with van der Waals surface area (Å²) in [5, 5.41) is 12.2. The van der Waals surface area contributed by atoms with Crippen molar-refractivity contribution in [3.05, 3.63) is 47.0 Å². The van der Waals surface area contributed by atoms with E-state index < -0.39 is 29.8 Å². The number of benzene rings is 2. The third-order valence-electron chi connectivity index (χ3n) is 5.40. The van der Waals surface area contributed by atoms with Crippen LogP contribution in [0.25, 0.3) is 0 Å². The Kier molecular flexibility index (Phi) is 4.93. The molecule has 3 amide bonds. The minimum Gasteiger partial charge on any atom is -0.486 e. The molecule has 2 atom stereocenters. The number of hydrogen-bond donors (Lipinski definition) is 1. The number of imide groups is 1. The van der Waals surface area contributed by atoms with Gasteiger partial charge in [-0.3, -0.25) is 19.4 Å². The van der Waals surface area contributed by atoms with E-state index in [1.54, 1.807) is 36.4 Å². The van der Waals surface area contributed by atoms with E-state index in [2.05, 4.69) is 15.7 Å². The molecule has 0 aliphatic carbocycles. The van der Waals surface area contributed by atoms with Crippen LogP contribution in [0.2, 0.25) is 5.02 Å². The maximum atomic E-state index is 13.0. The predicted octanol–water partition coefficient (Wildman–Crippen LogP) is 2.35. The molecule has 0 saturated carbocycles. The molecule has 3 aliphatic heterocycles. The van der Waals surface area contributed by atoms with Gasteiger partial charge in [0.1, 0.15) is 19.8 Å². The average molecular weight is 456 g/mol. The third-order valence-corrected chi connectivity index (χ3v) is 5.81. The normalized spacial score (nSPS) is 21.2. The average Bonchev–Trinajstić information content (AvgIpc) is 3.29. The number of nitrogens with zero attached hydrogens (tertiary/aromatic N) is 4. The summed E-state index contributed by atoms with van der Waals surface area (Å²) in [4.78, 5) is 39.5. The number of nitrogens with one attached hydrogen (secondary N) is 1. The minimum atomic E-state index is -0.996. The van der Waals surface area contributed by atoms with Gasteiger partial charge >= 0.3 is 0 Å². The molecule has 1 N–H and O–H groups in total. The maximum Gasteiger partial charge on any atom is 0.263 e. The number of anilines is 2. The zero-order chi connectivity index (χ0) is 22.4. The number of carbonyl (C=O) groups is 3. The first-order valence-corrected chi connectivity index (χ1v) is 10.3. The van der Waals surface area contributed by atoms with E-state index in [0.717, 1.165) is 10.5 Å². The molecular formula is C21H18ClN5O5. The zero-order valence-corrected chi connectivity index (χ0v) is 17.7. The van der Waals surface area contributed by atoms with Crippen molar-refractivity contribution < 1.29 is 23.9 Å². The lowest BCUT2D eigenvalue weighted by atomic mass is 10.1. The molecule has 3 aliphatic rings. The van der Waals surface area contributed by atoms with E-state index >= 15 is 0 Å². The molecule has 3 heterocycles. The van der Waals surface area contributed by atoms with Crippen molar-refractivity contribution >= 4 is 40.7 Å². The minimum absolute atomic E-state index is 0.249. The van der Waals surface area contributed by atoms with E-state index in [1.165, 1.54) is 5.01 Å². The highest BCUT2D eigenvalue weighted by Gasteiger charge is 2.55. The van der Waals surface area contributed by atoms with E-state index in [0.29, 0.717) is 41.1 Å². The number of rotatable bonds is 4. The number of halogens is 1. The fourth-order valence-electron chi connectivity index (χ4n) is 3.80. The summed E-state index contributed by atoms with van der Waals surface area (Å²) in [5.41, 5.74) is 1.70. The van der Waals surface area contributed by atoms with Gasteiger partial charge in [0.15, 0.2) is 23.6 Å². The number of aryl methyl sites for hydroxylation is 1. The Morgan fingerprint density at radius 1 is 1.12 bits per heavy atom. The summed E-state index contributed by atoms with van der Waals surface area (Å²) in [5.74, 6) is -0.274. The van der Waals surface area contributed by atoms with Crippen molar-refractivity contribution in [2.24, 2.45) is 10.3 Å². The number of amides is 3. The van der Waals surface area contributed by atoms with Gasteiger partial charge in [-0.15, -0.1) is 0 Å². The van der Waals surface area contributed by atoms with Crippen molar-refractivity contribution in [1.29, 1.82) is 0 Å². The lowest BCUT2D eigenvalue weighted by Gasteiger charge is -2.21. The van der Waals surface area contributed by atoms with Crippen LogP contribution >= 0.6 is 11.6 Å². The SMILES string of the molecule is Cc1ccc(N2C(=O)[C@H]3N=NN(CC(=O)Nc4ccc5c(c4)OCCO5)[C@H]3C2=O)cc1Cl. The molecule has 0 radical (unpaired) electrons. The first kappa shape index (κ1) is 20.3. The summed E-state index contributed by atoms with van der Waals surface area (Å²) in [6.45, 7) is 2.48. The Balaban J connectivity index is 1.29. The third kappa shape index (κ3) is 3.42. The van der Waals surface area contributed by atoms with Crippen molar-refractivity contribution in [1.82, 2.24) is 5.01 Å². The quantitative estimate of drug-likeness (QED) is 0.708. The Labute approximate surface area is 187 Å². The summed E-state index contributed by atoms with van der Waals surface area (Å²) >= 11 is 6.16. The summed E-state index contributed by atoms with van der Waals surface area (Å²) in [6.07, 6.45) is 0. The smallest absolute Gasteiger partial charge is 0.263 e. The predicted molar refractivity (Wildman–Crippen MR) is 114 cm³/mol. The number of fused-ring (bicyclic) bond motifs is 2. The molecule has 1 fully saturated rings. The summed E-state index contributed by atoms with van der Waals surface area (Å²) < 4.78 is 11.0.